The Morgan fingerprint density at radius 1 is 1.29 bits per heavy atom. The summed E-state index contributed by atoms with van der Waals surface area (Å²) in [6.07, 6.45) is 2.74. The SMILES string of the molecule is CC(F)Cl.O=CNC(CF)C(O)c1ccc(-c2cccnc2)cc1. The van der Waals surface area contributed by atoms with Gasteiger partial charge in [0.05, 0.1) is 6.04 Å². The van der Waals surface area contributed by atoms with E-state index in [0.717, 1.165) is 11.1 Å². The van der Waals surface area contributed by atoms with Gasteiger partial charge in [-0.2, -0.15) is 0 Å². The molecule has 0 saturated carbocycles. The molecular weight excluding hydrogens is 338 g/mol. The molecule has 0 bridgehead atoms. The molecule has 0 spiro atoms. The van der Waals surface area contributed by atoms with Crippen LogP contribution in [0, 0.1) is 0 Å². The lowest BCUT2D eigenvalue weighted by atomic mass is 9.99. The van der Waals surface area contributed by atoms with Crippen LogP contribution >= 0.6 is 11.6 Å². The van der Waals surface area contributed by atoms with Gasteiger partial charge < -0.3 is 10.4 Å². The second kappa shape index (κ2) is 10.7. The predicted octanol–water partition coefficient (Wildman–Crippen LogP) is 3.41. The smallest absolute Gasteiger partial charge is 0.207 e. The van der Waals surface area contributed by atoms with Crippen LogP contribution in [0.2, 0.25) is 0 Å². The number of carbonyl (C=O) groups excluding carboxylic acids is 1. The number of alkyl halides is 3. The quantitative estimate of drug-likeness (QED) is 0.616. The third-order valence-electron chi connectivity index (χ3n) is 3.08. The summed E-state index contributed by atoms with van der Waals surface area (Å²) in [4.78, 5) is 14.4. The van der Waals surface area contributed by atoms with Crippen LogP contribution in [-0.4, -0.2) is 34.8 Å². The zero-order chi connectivity index (χ0) is 17.9. The average molecular weight is 357 g/mol. The van der Waals surface area contributed by atoms with E-state index in [1.807, 2.05) is 24.3 Å². The molecule has 0 aliphatic carbocycles. The van der Waals surface area contributed by atoms with Gasteiger partial charge in [-0.3, -0.25) is 9.78 Å². The van der Waals surface area contributed by atoms with Crippen molar-refractivity contribution in [1.29, 1.82) is 0 Å². The number of carbonyl (C=O) groups is 1. The largest absolute Gasteiger partial charge is 0.386 e. The van der Waals surface area contributed by atoms with Crippen molar-refractivity contribution in [3.05, 3.63) is 54.4 Å². The fraction of sp³-hybridized carbons (Fsp3) is 0.294. The fourth-order valence-electron chi connectivity index (χ4n) is 1.95. The Bertz CT molecular complexity index is 595. The molecule has 3 unspecified atom stereocenters. The van der Waals surface area contributed by atoms with Crippen molar-refractivity contribution in [2.45, 2.75) is 24.7 Å². The molecule has 4 nitrogen and oxygen atoms in total. The molecule has 0 saturated heterocycles. The van der Waals surface area contributed by atoms with Crippen LogP contribution in [-0.2, 0) is 4.79 Å². The summed E-state index contributed by atoms with van der Waals surface area (Å²) in [5, 5.41) is 12.3. The Morgan fingerprint density at radius 3 is 2.38 bits per heavy atom. The normalized spacial score (nSPS) is 13.9. The summed E-state index contributed by atoms with van der Waals surface area (Å²) in [6.45, 7) is 0.436. The highest BCUT2D eigenvalue weighted by Gasteiger charge is 2.20. The number of amides is 1. The molecule has 2 N–H and O–H groups in total. The number of hydrogen-bond donors (Lipinski definition) is 2. The summed E-state index contributed by atoms with van der Waals surface area (Å²) in [5.74, 6) is 0. The number of pyridine rings is 1. The molecule has 2 rings (SSSR count). The first-order valence-corrected chi connectivity index (χ1v) is 7.65. The van der Waals surface area contributed by atoms with E-state index in [1.54, 1.807) is 24.5 Å². The van der Waals surface area contributed by atoms with Gasteiger partial charge in [0.1, 0.15) is 12.8 Å². The van der Waals surface area contributed by atoms with Crippen molar-refractivity contribution in [3.63, 3.8) is 0 Å². The monoisotopic (exact) mass is 356 g/mol. The van der Waals surface area contributed by atoms with Gasteiger partial charge in [0.2, 0.25) is 6.41 Å². The molecule has 130 valence electrons. The molecule has 1 aromatic heterocycles. The number of aliphatic hydroxyl groups is 1. The van der Waals surface area contributed by atoms with Crippen molar-refractivity contribution in [2.24, 2.45) is 0 Å². The molecule has 3 atom stereocenters. The molecular formula is C17H19ClF2N2O2. The second-order valence-corrected chi connectivity index (χ2v) is 5.47. The maximum atomic E-state index is 12.7. The third kappa shape index (κ3) is 6.60. The van der Waals surface area contributed by atoms with Crippen molar-refractivity contribution < 1.29 is 18.7 Å². The lowest BCUT2D eigenvalue weighted by molar-refractivity contribution is -0.111. The second-order valence-electron chi connectivity index (χ2n) is 4.87. The van der Waals surface area contributed by atoms with E-state index in [9.17, 15) is 18.7 Å². The van der Waals surface area contributed by atoms with E-state index in [1.165, 1.54) is 6.92 Å². The first-order valence-electron chi connectivity index (χ1n) is 7.21. The molecule has 0 radical (unpaired) electrons. The first kappa shape index (κ1) is 20.0. The van der Waals surface area contributed by atoms with Gasteiger partial charge in [-0.1, -0.05) is 41.9 Å². The predicted molar refractivity (Wildman–Crippen MR) is 90.0 cm³/mol. The van der Waals surface area contributed by atoms with Gasteiger partial charge in [-0.25, -0.2) is 8.78 Å². The van der Waals surface area contributed by atoms with E-state index < -0.39 is 24.5 Å². The third-order valence-corrected chi connectivity index (χ3v) is 3.08. The van der Waals surface area contributed by atoms with Crippen LogP contribution in [0.25, 0.3) is 11.1 Å². The van der Waals surface area contributed by atoms with Crippen LogP contribution < -0.4 is 5.32 Å². The minimum atomic E-state index is -1.19. The molecule has 0 fully saturated rings. The van der Waals surface area contributed by atoms with E-state index in [0.29, 0.717) is 12.0 Å². The van der Waals surface area contributed by atoms with Gasteiger partial charge in [0.15, 0.2) is 5.63 Å². The van der Waals surface area contributed by atoms with Crippen molar-refractivity contribution in [3.8, 4) is 11.1 Å². The number of nitrogens with zero attached hydrogens (tertiary/aromatic N) is 1. The highest BCUT2D eigenvalue weighted by atomic mass is 35.5. The topological polar surface area (TPSA) is 62.2 Å². The van der Waals surface area contributed by atoms with E-state index in [2.05, 4.69) is 21.9 Å². The number of rotatable bonds is 6. The Morgan fingerprint density at radius 2 is 1.92 bits per heavy atom. The standard InChI is InChI=1S/C15H15FN2O2.C2H4ClF/c16-8-14(18-10-19)15(20)12-5-3-11(4-6-12)13-2-1-7-17-9-13;1-2(3)4/h1-7,9-10,14-15,20H,8H2,(H,18,19);2H,1H3. The van der Waals surface area contributed by atoms with Crippen LogP contribution in [0.15, 0.2) is 48.8 Å². The van der Waals surface area contributed by atoms with Crippen LogP contribution in [0.1, 0.15) is 18.6 Å². The zero-order valence-electron chi connectivity index (χ0n) is 13.1. The van der Waals surface area contributed by atoms with Gasteiger partial charge in [-0.05, 0) is 29.7 Å². The lowest BCUT2D eigenvalue weighted by Gasteiger charge is -2.19. The number of aromatic nitrogens is 1. The zero-order valence-corrected chi connectivity index (χ0v) is 13.8. The number of halogens is 3. The molecule has 1 aromatic carbocycles. The van der Waals surface area contributed by atoms with Crippen molar-refractivity contribution in [1.82, 2.24) is 10.3 Å². The van der Waals surface area contributed by atoms with Gasteiger partial charge in [-0.15, -0.1) is 0 Å². The van der Waals surface area contributed by atoms with Crippen molar-refractivity contribution in [2.75, 3.05) is 6.67 Å². The molecule has 24 heavy (non-hydrogen) atoms. The minimum Gasteiger partial charge on any atom is -0.386 e. The van der Waals surface area contributed by atoms with E-state index in [-0.39, 0.29) is 0 Å². The highest BCUT2D eigenvalue weighted by Crippen LogP contribution is 2.23. The van der Waals surface area contributed by atoms with E-state index in [4.69, 9.17) is 0 Å². The average Bonchev–Trinajstić information content (AvgIpc) is 2.59. The van der Waals surface area contributed by atoms with Crippen molar-refractivity contribution >= 4 is 18.0 Å². The van der Waals surface area contributed by atoms with Gasteiger partial charge >= 0.3 is 0 Å². The number of aliphatic hydroxyl groups excluding tert-OH is 1. The Kier molecular flexibility index (Phi) is 8.89. The summed E-state index contributed by atoms with van der Waals surface area (Å²) < 4.78 is 23.5. The lowest BCUT2D eigenvalue weighted by Crippen LogP contribution is -2.35. The highest BCUT2D eigenvalue weighted by molar-refractivity contribution is 6.19. The number of nitrogens with one attached hydrogen (secondary N) is 1. The Hall–Kier alpha value is -2.05. The summed E-state index contributed by atoms with van der Waals surface area (Å²) in [7, 11) is 0. The Labute approximate surface area is 144 Å². The first-order chi connectivity index (χ1) is 11.5. The van der Waals surface area contributed by atoms with Crippen LogP contribution in [0.3, 0.4) is 0 Å². The summed E-state index contributed by atoms with van der Waals surface area (Å²) >= 11 is 4.61. The minimum absolute atomic E-state index is 0.386. The fourth-order valence-corrected chi connectivity index (χ4v) is 1.95. The maximum Gasteiger partial charge on any atom is 0.207 e. The molecule has 2 aromatic rings. The van der Waals surface area contributed by atoms with Crippen LogP contribution in [0.5, 0.6) is 0 Å². The van der Waals surface area contributed by atoms with Crippen LogP contribution in [0.4, 0.5) is 8.78 Å². The van der Waals surface area contributed by atoms with E-state index >= 15 is 0 Å². The molecule has 0 aliphatic heterocycles. The molecule has 1 heterocycles. The summed E-state index contributed by atoms with van der Waals surface area (Å²) in [5.41, 5.74) is 1.27. The van der Waals surface area contributed by atoms with Gasteiger partial charge in [0, 0.05) is 12.4 Å². The molecule has 0 aliphatic rings. The Balaban J connectivity index is 0.000000648. The van der Waals surface area contributed by atoms with Gasteiger partial charge in [0.25, 0.3) is 0 Å². The number of hydrogen-bond acceptors (Lipinski definition) is 3. The summed E-state index contributed by atoms with van der Waals surface area (Å²) in [6, 6.07) is 9.90. The molecule has 1 amide bonds. The maximum absolute atomic E-state index is 12.7. The number of benzene rings is 1. The molecule has 7 heteroatoms.